The number of nitrogens with zero attached hydrogens (tertiary/aromatic N) is 5. The predicted octanol–water partition coefficient (Wildman–Crippen LogP) is 4.12. The Balaban J connectivity index is 1.16. The quantitative estimate of drug-likeness (QED) is 0.202. The van der Waals surface area contributed by atoms with Gasteiger partial charge in [-0.3, -0.25) is 4.79 Å². The second kappa shape index (κ2) is 14.7. The van der Waals surface area contributed by atoms with Gasteiger partial charge in [0.1, 0.15) is 5.82 Å². The van der Waals surface area contributed by atoms with Gasteiger partial charge in [0.25, 0.3) is 5.91 Å². The second-order valence-corrected chi connectivity index (χ2v) is 11.9. The van der Waals surface area contributed by atoms with Crippen LogP contribution in [0.1, 0.15) is 21.8 Å². The molecule has 0 radical (unpaired) electrons. The van der Waals surface area contributed by atoms with Crippen molar-refractivity contribution >= 4 is 46.2 Å². The molecule has 12 nitrogen and oxygen atoms in total. The Kier molecular flexibility index (Phi) is 10.0. The van der Waals surface area contributed by atoms with E-state index in [1.165, 1.54) is 6.21 Å². The van der Waals surface area contributed by atoms with E-state index in [2.05, 4.69) is 44.9 Å². The number of aromatic nitrogens is 2. The average molecular weight is 636 g/mol. The third-order valence-corrected chi connectivity index (χ3v) is 8.65. The predicted molar refractivity (Wildman–Crippen MR) is 186 cm³/mol. The van der Waals surface area contributed by atoms with Gasteiger partial charge in [-0.2, -0.15) is 0 Å². The number of nitrogens with one attached hydrogen (secondary N) is 4. The fourth-order valence-corrected chi connectivity index (χ4v) is 5.88. The third kappa shape index (κ3) is 7.57. The number of benzene rings is 3. The molecule has 1 unspecified atom stereocenters. The highest BCUT2D eigenvalue weighted by Crippen LogP contribution is 2.31. The summed E-state index contributed by atoms with van der Waals surface area (Å²) < 4.78 is 5.59. The molecular formula is C35H41N9O3. The van der Waals surface area contributed by atoms with Crippen LogP contribution in [-0.2, 0) is 4.74 Å². The van der Waals surface area contributed by atoms with Crippen molar-refractivity contribution in [2.24, 2.45) is 0 Å². The van der Waals surface area contributed by atoms with Gasteiger partial charge in [-0.1, -0.05) is 6.07 Å². The van der Waals surface area contributed by atoms with Gasteiger partial charge in [0, 0.05) is 85.8 Å². The lowest BCUT2D eigenvalue weighted by Gasteiger charge is -2.32. The number of fused-ring (bicyclic) bond motifs is 1. The molecule has 12 heteroatoms. The molecule has 3 amide bonds. The van der Waals surface area contributed by atoms with E-state index < -0.39 is 0 Å². The molecule has 0 spiro atoms. The number of rotatable bonds is 9. The first-order chi connectivity index (χ1) is 22.9. The number of carbonyl (C=O) groups is 2. The first kappa shape index (κ1) is 32.0. The van der Waals surface area contributed by atoms with Crippen LogP contribution >= 0.6 is 0 Å². The van der Waals surface area contributed by atoms with Gasteiger partial charge in [-0.25, -0.2) is 14.8 Å². The van der Waals surface area contributed by atoms with Crippen LogP contribution in [0, 0.1) is 5.41 Å². The molecule has 0 bridgehead atoms. The fourth-order valence-electron chi connectivity index (χ4n) is 5.88. The van der Waals surface area contributed by atoms with Crippen molar-refractivity contribution in [3.05, 3.63) is 77.9 Å². The van der Waals surface area contributed by atoms with Gasteiger partial charge in [-0.15, -0.1) is 0 Å². The SMILES string of the molecule is CNCC(C=N)c1ccc2c(N3CCOCC3)nc(-c3ccc(NC(=O)Nc4ccc(C(=O)N5CCN(C)CC5)cc4)cc3)nc2c1. The van der Waals surface area contributed by atoms with Crippen molar-refractivity contribution in [3.63, 3.8) is 0 Å². The van der Waals surface area contributed by atoms with Crippen molar-refractivity contribution in [1.82, 2.24) is 25.1 Å². The molecule has 3 heterocycles. The topological polar surface area (TPSA) is 139 Å². The van der Waals surface area contributed by atoms with E-state index in [4.69, 9.17) is 20.1 Å². The Morgan fingerprint density at radius 2 is 1.55 bits per heavy atom. The van der Waals surface area contributed by atoms with Gasteiger partial charge >= 0.3 is 6.03 Å². The van der Waals surface area contributed by atoms with E-state index in [0.29, 0.717) is 55.6 Å². The van der Waals surface area contributed by atoms with E-state index in [9.17, 15) is 9.59 Å². The van der Waals surface area contributed by atoms with E-state index in [-0.39, 0.29) is 17.9 Å². The number of carbonyl (C=O) groups excluding carboxylic acids is 2. The summed E-state index contributed by atoms with van der Waals surface area (Å²) in [5, 5.41) is 17.7. The minimum absolute atomic E-state index is 0.00596. The van der Waals surface area contributed by atoms with Crippen LogP contribution in [0.5, 0.6) is 0 Å². The zero-order chi connectivity index (χ0) is 32.8. The van der Waals surface area contributed by atoms with Crippen molar-refractivity contribution in [2.45, 2.75) is 5.92 Å². The minimum atomic E-state index is -0.387. The first-order valence-electron chi connectivity index (χ1n) is 16.0. The summed E-state index contributed by atoms with van der Waals surface area (Å²) in [6.07, 6.45) is 1.45. The lowest BCUT2D eigenvalue weighted by Crippen LogP contribution is -2.47. The van der Waals surface area contributed by atoms with Gasteiger partial charge in [0.2, 0.25) is 0 Å². The zero-order valence-corrected chi connectivity index (χ0v) is 26.8. The molecule has 2 aliphatic rings. The Bertz CT molecular complexity index is 1720. The number of amides is 3. The number of anilines is 3. The molecule has 47 heavy (non-hydrogen) atoms. The lowest BCUT2D eigenvalue weighted by atomic mass is 9.98. The zero-order valence-electron chi connectivity index (χ0n) is 26.8. The summed E-state index contributed by atoms with van der Waals surface area (Å²) >= 11 is 0. The number of hydrogen-bond donors (Lipinski definition) is 4. The van der Waals surface area contributed by atoms with Crippen LogP contribution in [0.4, 0.5) is 22.0 Å². The smallest absolute Gasteiger partial charge is 0.323 e. The number of morpholine rings is 1. The van der Waals surface area contributed by atoms with Crippen LogP contribution < -0.4 is 20.9 Å². The molecule has 2 fully saturated rings. The van der Waals surface area contributed by atoms with Crippen LogP contribution in [0.2, 0.25) is 0 Å². The summed E-state index contributed by atoms with van der Waals surface area (Å²) in [4.78, 5) is 41.9. The van der Waals surface area contributed by atoms with Gasteiger partial charge in [-0.05, 0) is 80.3 Å². The highest BCUT2D eigenvalue weighted by Gasteiger charge is 2.21. The second-order valence-electron chi connectivity index (χ2n) is 11.9. The van der Waals surface area contributed by atoms with Crippen LogP contribution in [0.3, 0.4) is 0 Å². The van der Waals surface area contributed by atoms with Crippen LogP contribution in [0.15, 0.2) is 66.7 Å². The normalized spacial score (nSPS) is 16.1. The molecule has 244 valence electrons. The first-order valence-corrected chi connectivity index (χ1v) is 16.0. The number of piperazine rings is 1. The van der Waals surface area contributed by atoms with Crippen molar-refractivity contribution in [1.29, 1.82) is 5.41 Å². The number of urea groups is 1. The number of hydrogen-bond acceptors (Lipinski definition) is 9. The maximum absolute atomic E-state index is 12.8. The van der Waals surface area contributed by atoms with Gasteiger partial charge < -0.3 is 40.8 Å². The van der Waals surface area contributed by atoms with Crippen LogP contribution in [0.25, 0.3) is 22.3 Å². The summed E-state index contributed by atoms with van der Waals surface area (Å²) in [5.74, 6) is 1.39. The molecule has 4 N–H and O–H groups in total. The summed E-state index contributed by atoms with van der Waals surface area (Å²) in [5.41, 5.74) is 4.46. The van der Waals surface area contributed by atoms with E-state index in [1.807, 2.05) is 42.3 Å². The highest BCUT2D eigenvalue weighted by atomic mass is 16.5. The Morgan fingerprint density at radius 1 is 0.894 bits per heavy atom. The summed E-state index contributed by atoms with van der Waals surface area (Å²) in [7, 11) is 3.94. The lowest BCUT2D eigenvalue weighted by molar-refractivity contribution is 0.0664. The van der Waals surface area contributed by atoms with E-state index >= 15 is 0 Å². The number of ether oxygens (including phenoxy) is 1. The molecule has 0 aliphatic carbocycles. The minimum Gasteiger partial charge on any atom is -0.378 e. The Morgan fingerprint density at radius 3 is 2.19 bits per heavy atom. The molecule has 6 rings (SSSR count). The maximum Gasteiger partial charge on any atom is 0.323 e. The van der Waals surface area contributed by atoms with Crippen molar-refractivity contribution < 1.29 is 14.3 Å². The molecule has 2 aliphatic heterocycles. The third-order valence-electron chi connectivity index (χ3n) is 8.65. The molecule has 3 aromatic carbocycles. The average Bonchev–Trinajstić information content (AvgIpc) is 3.11. The van der Waals surface area contributed by atoms with Crippen molar-refractivity contribution in [3.8, 4) is 11.4 Å². The largest absolute Gasteiger partial charge is 0.378 e. The van der Waals surface area contributed by atoms with Gasteiger partial charge in [0.15, 0.2) is 5.82 Å². The molecule has 4 aromatic rings. The molecular weight excluding hydrogens is 594 g/mol. The van der Waals surface area contributed by atoms with E-state index in [1.54, 1.807) is 24.3 Å². The maximum atomic E-state index is 12.8. The molecule has 1 aromatic heterocycles. The molecule has 1 atom stereocenters. The Hall–Kier alpha value is -4.91. The summed E-state index contributed by atoms with van der Waals surface area (Å²) in [6.45, 7) is 6.56. The number of likely N-dealkylation sites (N-methyl/N-ethyl adjacent to an activating group) is 2. The monoisotopic (exact) mass is 635 g/mol. The van der Waals surface area contributed by atoms with Gasteiger partial charge in [0.05, 0.1) is 18.7 Å². The van der Waals surface area contributed by atoms with E-state index in [0.717, 1.165) is 54.0 Å². The fraction of sp³-hybridized carbons (Fsp3) is 0.343. The van der Waals surface area contributed by atoms with Crippen molar-refractivity contribution in [2.75, 3.05) is 88.7 Å². The standard InChI is InChI=1S/C35H41N9O3/c1-37-23-27(22-36)26-7-12-30-31(21-26)40-32(41-33(30)43-17-19-47-20-18-43)24-3-8-28(9-4-24)38-35(46)39-29-10-5-25(6-11-29)34(45)44-15-13-42(2)14-16-44/h3-12,21-22,27,36-37H,13-20,23H2,1-2H3,(H2,38,39,46). The summed E-state index contributed by atoms with van der Waals surface area (Å²) in [6, 6.07) is 20.2. The Labute approximate surface area is 274 Å². The molecule has 2 saturated heterocycles. The highest BCUT2D eigenvalue weighted by molar-refractivity contribution is 6.00. The molecule has 0 saturated carbocycles. The van der Waals surface area contributed by atoms with Crippen LogP contribution in [-0.4, -0.2) is 111 Å².